The molecule has 0 N–H and O–H groups in total. The van der Waals surface area contributed by atoms with Crippen LogP contribution in [-0.2, 0) is 9.16 Å². The van der Waals surface area contributed by atoms with Gasteiger partial charge in [0.05, 0.1) is 0 Å². The number of rotatable bonds is 7. The Kier molecular flexibility index (Phi) is 8.83. The maximum absolute atomic E-state index is 12.9. The quantitative estimate of drug-likeness (QED) is 0.332. The van der Waals surface area contributed by atoms with Gasteiger partial charge in [-0.2, -0.15) is 0 Å². The van der Waals surface area contributed by atoms with Gasteiger partial charge in [-0.3, -0.25) is 0 Å². The molecule has 29 heavy (non-hydrogen) atoms. The number of hydrogen-bond acceptors (Lipinski definition) is 4. The van der Waals surface area contributed by atoms with Gasteiger partial charge >= 0.3 is 184 Å². The number of aromatic nitrogens is 1. The molecule has 0 aliphatic carbocycles. The van der Waals surface area contributed by atoms with Crippen molar-refractivity contribution in [3.63, 3.8) is 0 Å². The fourth-order valence-electron chi connectivity index (χ4n) is 2.42. The van der Waals surface area contributed by atoms with Gasteiger partial charge in [-0.1, -0.05) is 0 Å². The molecule has 1 aromatic heterocycles. The van der Waals surface area contributed by atoms with Crippen molar-refractivity contribution in [3.8, 4) is 0 Å². The molecule has 0 aromatic carbocycles. The summed E-state index contributed by atoms with van der Waals surface area (Å²) in [6.45, 7) is 18.0. The Morgan fingerprint density at radius 3 is 2.21 bits per heavy atom. The van der Waals surface area contributed by atoms with E-state index < -0.39 is 32.3 Å². The van der Waals surface area contributed by atoms with Crippen LogP contribution in [0.2, 0.25) is 33.0 Å². The molecule has 7 heteroatoms. The second-order valence-corrected chi connectivity index (χ2v) is 30.5. The van der Waals surface area contributed by atoms with Crippen LogP contribution in [0.5, 0.6) is 0 Å². The molecule has 0 aliphatic rings. The molecule has 1 amide bonds. The van der Waals surface area contributed by atoms with Crippen molar-refractivity contribution >= 4 is 42.2 Å². The second kappa shape index (κ2) is 9.68. The summed E-state index contributed by atoms with van der Waals surface area (Å²) in [6, 6.07) is 4.17. The van der Waals surface area contributed by atoms with E-state index in [2.05, 4.69) is 65.8 Å². The molecule has 0 spiro atoms. The van der Waals surface area contributed by atoms with Gasteiger partial charge in [-0.05, 0) is 0 Å². The second-order valence-electron chi connectivity index (χ2n) is 11.2. The zero-order chi connectivity index (χ0) is 22.7. The van der Waals surface area contributed by atoms with E-state index in [1.807, 2.05) is 27.0 Å². The first-order chi connectivity index (χ1) is 12.9. The molecule has 5 nitrogen and oxygen atoms in total. The van der Waals surface area contributed by atoms with Crippen molar-refractivity contribution in [2.24, 2.45) is 0 Å². The Morgan fingerprint density at radius 1 is 1.14 bits per heavy atom. The number of pyridine rings is 1. The van der Waals surface area contributed by atoms with Gasteiger partial charge in [0.15, 0.2) is 0 Å². The molecule has 0 aliphatic heterocycles. The fraction of sp³-hybridized carbons (Fsp3) is 0.727. The molecule has 0 saturated carbocycles. The molecule has 166 valence electrons. The zero-order valence-electron chi connectivity index (χ0n) is 20.5. The summed E-state index contributed by atoms with van der Waals surface area (Å²) in [7, 11) is -1.80. The van der Waals surface area contributed by atoms with Crippen molar-refractivity contribution in [3.05, 3.63) is 18.3 Å². The molecular weight excluding hydrogens is 487 g/mol. The van der Waals surface area contributed by atoms with Crippen molar-refractivity contribution in [2.45, 2.75) is 86.5 Å². The predicted octanol–water partition coefficient (Wildman–Crippen LogP) is 5.78. The Labute approximate surface area is 183 Å². The van der Waals surface area contributed by atoms with Gasteiger partial charge in [0.2, 0.25) is 0 Å². The van der Waals surface area contributed by atoms with E-state index in [0.29, 0.717) is 19.0 Å². The number of ether oxygens (including phenoxy) is 1. The number of anilines is 1. The van der Waals surface area contributed by atoms with E-state index in [4.69, 9.17) is 9.16 Å². The molecule has 0 fully saturated rings. The Morgan fingerprint density at radius 2 is 1.72 bits per heavy atom. The zero-order valence-corrected chi connectivity index (χ0v) is 24.3. The SMILES string of the molecule is CC(C)(C)OC(=O)N(CCCO[Si](C)(C)C(C)(C)C)c1c[c]([Sn]([CH3])([CH3])[CH3])ccn1. The van der Waals surface area contributed by atoms with E-state index >= 15 is 0 Å². The molecule has 0 unspecified atom stereocenters. The summed E-state index contributed by atoms with van der Waals surface area (Å²) in [5, 5.41) is 0.174. The van der Waals surface area contributed by atoms with E-state index in [-0.39, 0.29) is 11.1 Å². The van der Waals surface area contributed by atoms with E-state index in [1.165, 1.54) is 3.58 Å². The molecule has 1 aromatic rings. The summed E-state index contributed by atoms with van der Waals surface area (Å²) in [5.74, 6) is 0.677. The van der Waals surface area contributed by atoms with Crippen LogP contribution in [0.15, 0.2) is 18.3 Å². The third-order valence-corrected chi connectivity index (χ3v) is 15.7. The topological polar surface area (TPSA) is 51.7 Å². The van der Waals surface area contributed by atoms with Crippen LogP contribution in [0.25, 0.3) is 0 Å². The number of amides is 1. The first kappa shape index (κ1) is 26.4. The average Bonchev–Trinajstić information content (AvgIpc) is 2.51. The minimum absolute atomic E-state index is 0.174. The molecule has 0 saturated heterocycles. The number of nitrogens with zero attached hydrogens (tertiary/aromatic N) is 2. The van der Waals surface area contributed by atoms with Crippen LogP contribution >= 0.6 is 0 Å². The van der Waals surface area contributed by atoms with E-state index in [9.17, 15) is 4.79 Å². The standard InChI is InChI=1S/C19H33N2O3Si.3CH3.Sn/c1-18(2,3)24-17(22)21(16-12-9-10-13-20-16)14-11-15-23-25(7,8)19(4,5)6;;;;/h10,12-13H,11,14-15H2,1-8H3;3*1H3;. The van der Waals surface area contributed by atoms with Gasteiger partial charge in [0.1, 0.15) is 0 Å². The van der Waals surface area contributed by atoms with Gasteiger partial charge in [0.25, 0.3) is 0 Å². The summed E-state index contributed by atoms with van der Waals surface area (Å²) < 4.78 is 13.3. The van der Waals surface area contributed by atoms with Gasteiger partial charge in [-0.25, -0.2) is 0 Å². The number of hydrogen-bond donors (Lipinski definition) is 0. The molecule has 0 atom stereocenters. The maximum atomic E-state index is 12.9. The van der Waals surface area contributed by atoms with E-state index in [1.54, 1.807) is 4.90 Å². The summed E-state index contributed by atoms with van der Waals surface area (Å²) >= 11 is -2.28. The first-order valence-corrected chi connectivity index (χ1v) is 23.4. The third-order valence-electron chi connectivity index (χ3n) is 5.30. The summed E-state index contributed by atoms with van der Waals surface area (Å²) in [5.41, 5.74) is -0.548. The van der Waals surface area contributed by atoms with Crippen LogP contribution in [0, 0.1) is 0 Å². The van der Waals surface area contributed by atoms with Crippen molar-refractivity contribution in [1.82, 2.24) is 4.98 Å². The summed E-state index contributed by atoms with van der Waals surface area (Å²) in [6.07, 6.45) is 2.21. The van der Waals surface area contributed by atoms with Crippen molar-refractivity contribution < 1.29 is 14.0 Å². The molecule has 1 heterocycles. The van der Waals surface area contributed by atoms with Crippen LogP contribution < -0.4 is 8.48 Å². The molecule has 0 bridgehead atoms. The van der Waals surface area contributed by atoms with Gasteiger partial charge < -0.3 is 0 Å². The van der Waals surface area contributed by atoms with Crippen molar-refractivity contribution in [1.29, 1.82) is 0 Å². The van der Waals surface area contributed by atoms with Crippen LogP contribution in [0.4, 0.5) is 10.6 Å². The Balaban J connectivity index is 2.98. The third kappa shape index (κ3) is 8.57. The monoisotopic (exact) mass is 530 g/mol. The fourth-order valence-corrected chi connectivity index (χ4v) is 6.75. The Hall–Kier alpha value is -0.604. The van der Waals surface area contributed by atoms with Gasteiger partial charge in [-0.15, -0.1) is 0 Å². The Bertz CT molecular complexity index is 689. The van der Waals surface area contributed by atoms with Crippen LogP contribution in [0.3, 0.4) is 0 Å². The molecular formula is C22H42N2O3SiSn. The molecule has 1 rings (SSSR count). The van der Waals surface area contributed by atoms with E-state index in [0.717, 1.165) is 6.42 Å². The van der Waals surface area contributed by atoms with Gasteiger partial charge in [0, 0.05) is 0 Å². The summed E-state index contributed by atoms with van der Waals surface area (Å²) in [4.78, 5) is 26.2. The average molecular weight is 529 g/mol. The predicted molar refractivity (Wildman–Crippen MR) is 129 cm³/mol. The normalized spacial score (nSPS) is 13.3. The van der Waals surface area contributed by atoms with Crippen LogP contribution in [0.1, 0.15) is 48.0 Å². The molecule has 0 radical (unpaired) electrons. The van der Waals surface area contributed by atoms with Crippen molar-refractivity contribution in [2.75, 3.05) is 18.1 Å². The first-order valence-electron chi connectivity index (χ1n) is 10.5. The van der Waals surface area contributed by atoms with Crippen LogP contribution in [-0.4, -0.2) is 56.5 Å². The minimum atomic E-state index is -2.28. The number of carbonyl (C=O) groups excluding carboxylic acids is 1. The number of carbonyl (C=O) groups is 1.